The smallest absolute Gasteiger partial charge is 0.257 e. The lowest BCUT2D eigenvalue weighted by Gasteiger charge is -2.35. The van der Waals surface area contributed by atoms with E-state index in [1.54, 1.807) is 13.0 Å². The number of likely N-dealkylation sites (tertiary alicyclic amines) is 1. The van der Waals surface area contributed by atoms with Crippen LogP contribution in [0.15, 0.2) is 10.5 Å². The summed E-state index contributed by atoms with van der Waals surface area (Å²) < 4.78 is 5.43. The number of furan rings is 1. The number of ketones is 1. The van der Waals surface area contributed by atoms with Crippen LogP contribution in [0.1, 0.15) is 54.5 Å². The molecule has 4 nitrogen and oxygen atoms in total. The molecule has 1 unspecified atom stereocenters. The lowest BCUT2D eigenvalue weighted by Crippen LogP contribution is -2.44. The van der Waals surface area contributed by atoms with Crippen molar-refractivity contribution >= 4 is 11.7 Å². The fourth-order valence-corrected chi connectivity index (χ4v) is 2.81. The number of piperidine rings is 1. The summed E-state index contributed by atoms with van der Waals surface area (Å²) in [6, 6.07) is 1.84. The molecule has 2 heterocycles. The maximum atomic E-state index is 12.6. The van der Waals surface area contributed by atoms with Gasteiger partial charge in [0.2, 0.25) is 0 Å². The second-order valence-corrected chi connectivity index (χ2v) is 5.38. The summed E-state index contributed by atoms with van der Waals surface area (Å²) >= 11 is 0. The maximum Gasteiger partial charge on any atom is 0.257 e. The number of aryl methyl sites for hydroxylation is 2. The van der Waals surface area contributed by atoms with Gasteiger partial charge < -0.3 is 9.32 Å². The predicted molar refractivity (Wildman–Crippen MR) is 72.2 cm³/mol. The second-order valence-electron chi connectivity index (χ2n) is 5.38. The van der Waals surface area contributed by atoms with Crippen LogP contribution < -0.4 is 0 Å². The average molecular weight is 263 g/mol. The van der Waals surface area contributed by atoms with Crippen LogP contribution in [0.25, 0.3) is 0 Å². The van der Waals surface area contributed by atoms with Crippen molar-refractivity contribution < 1.29 is 14.0 Å². The average Bonchev–Trinajstić information content (AvgIpc) is 2.67. The summed E-state index contributed by atoms with van der Waals surface area (Å²) in [7, 11) is 0. The number of carbonyl (C=O) groups excluding carboxylic acids is 2. The third kappa shape index (κ3) is 3.06. The van der Waals surface area contributed by atoms with Gasteiger partial charge in [0.25, 0.3) is 5.91 Å². The summed E-state index contributed by atoms with van der Waals surface area (Å²) in [5, 5.41) is 0. The minimum Gasteiger partial charge on any atom is -0.466 e. The molecule has 0 N–H and O–H groups in total. The van der Waals surface area contributed by atoms with Crippen LogP contribution in [0.3, 0.4) is 0 Å². The molecule has 1 fully saturated rings. The van der Waals surface area contributed by atoms with Crippen LogP contribution in [0.2, 0.25) is 0 Å². The van der Waals surface area contributed by atoms with E-state index < -0.39 is 0 Å². The Labute approximate surface area is 113 Å². The first kappa shape index (κ1) is 13.8. The Bertz CT molecular complexity index is 490. The fourth-order valence-electron chi connectivity index (χ4n) is 2.81. The van der Waals surface area contributed by atoms with Crippen molar-refractivity contribution in [3.05, 3.63) is 23.2 Å². The van der Waals surface area contributed by atoms with Gasteiger partial charge in [0.1, 0.15) is 17.3 Å². The quantitative estimate of drug-likeness (QED) is 0.842. The molecule has 1 saturated heterocycles. The Hall–Kier alpha value is -1.58. The van der Waals surface area contributed by atoms with Gasteiger partial charge in [0.05, 0.1) is 5.56 Å². The van der Waals surface area contributed by atoms with Gasteiger partial charge in [-0.2, -0.15) is 0 Å². The number of carbonyl (C=O) groups is 2. The third-order valence-corrected chi connectivity index (χ3v) is 3.68. The first-order valence-electron chi connectivity index (χ1n) is 6.86. The highest BCUT2D eigenvalue weighted by atomic mass is 16.3. The molecule has 0 radical (unpaired) electrons. The molecule has 1 amide bonds. The van der Waals surface area contributed by atoms with Crippen molar-refractivity contribution in [1.29, 1.82) is 0 Å². The van der Waals surface area contributed by atoms with Gasteiger partial charge in [-0.15, -0.1) is 0 Å². The van der Waals surface area contributed by atoms with E-state index in [1.165, 1.54) is 0 Å². The summed E-state index contributed by atoms with van der Waals surface area (Å²) in [6.07, 6.45) is 3.48. The molecule has 0 spiro atoms. The van der Waals surface area contributed by atoms with Crippen LogP contribution in [0.4, 0.5) is 0 Å². The van der Waals surface area contributed by atoms with Gasteiger partial charge >= 0.3 is 0 Å². The summed E-state index contributed by atoms with van der Waals surface area (Å²) in [4.78, 5) is 25.8. The van der Waals surface area contributed by atoms with E-state index in [2.05, 4.69) is 0 Å². The summed E-state index contributed by atoms with van der Waals surface area (Å²) in [5.74, 6) is 1.56. The predicted octanol–water partition coefficient (Wildman–Crippen LogP) is 2.87. The molecule has 19 heavy (non-hydrogen) atoms. The van der Waals surface area contributed by atoms with E-state index in [9.17, 15) is 9.59 Å². The Morgan fingerprint density at radius 3 is 2.68 bits per heavy atom. The van der Waals surface area contributed by atoms with Gasteiger partial charge in [-0.1, -0.05) is 0 Å². The second kappa shape index (κ2) is 5.59. The lowest BCUT2D eigenvalue weighted by molar-refractivity contribution is -0.118. The number of Topliss-reactive ketones (excluding diaryl/α,β-unsaturated/α-hetero) is 1. The highest BCUT2D eigenvalue weighted by Gasteiger charge is 2.29. The van der Waals surface area contributed by atoms with Crippen LogP contribution in [0, 0.1) is 13.8 Å². The minimum absolute atomic E-state index is 0.000278. The highest BCUT2D eigenvalue weighted by molar-refractivity contribution is 5.95. The SMILES string of the molecule is CC(=O)CC1CCCCN1C(=O)c1cc(C)oc1C. The van der Waals surface area contributed by atoms with E-state index in [1.807, 2.05) is 18.7 Å². The molecule has 0 bridgehead atoms. The molecule has 0 saturated carbocycles. The van der Waals surface area contributed by atoms with E-state index in [-0.39, 0.29) is 17.7 Å². The van der Waals surface area contributed by atoms with Crippen LogP contribution in [-0.4, -0.2) is 29.2 Å². The van der Waals surface area contributed by atoms with Crippen LogP contribution >= 0.6 is 0 Å². The standard InChI is InChI=1S/C15H21NO3/c1-10(17)8-13-6-4-5-7-16(13)15(18)14-9-11(2)19-12(14)3/h9,13H,4-8H2,1-3H3. The van der Waals surface area contributed by atoms with E-state index >= 15 is 0 Å². The van der Waals surface area contributed by atoms with Gasteiger partial charge in [0.15, 0.2) is 0 Å². The fraction of sp³-hybridized carbons (Fsp3) is 0.600. The van der Waals surface area contributed by atoms with Crippen molar-refractivity contribution in [3.8, 4) is 0 Å². The van der Waals surface area contributed by atoms with Crippen LogP contribution in [0.5, 0.6) is 0 Å². The largest absolute Gasteiger partial charge is 0.466 e. The minimum atomic E-state index is 0.000278. The Morgan fingerprint density at radius 1 is 1.37 bits per heavy atom. The number of rotatable bonds is 3. The third-order valence-electron chi connectivity index (χ3n) is 3.68. The van der Waals surface area contributed by atoms with Gasteiger partial charge in [0, 0.05) is 19.0 Å². The molecule has 0 aliphatic carbocycles. The molecule has 4 heteroatoms. The van der Waals surface area contributed by atoms with E-state index in [0.29, 0.717) is 17.7 Å². The molecule has 2 rings (SSSR count). The molecule has 1 atom stereocenters. The Kier molecular flexibility index (Phi) is 4.08. The zero-order valence-corrected chi connectivity index (χ0v) is 11.9. The van der Waals surface area contributed by atoms with Gasteiger partial charge in [-0.3, -0.25) is 9.59 Å². The van der Waals surface area contributed by atoms with E-state index in [0.717, 1.165) is 31.6 Å². The number of hydrogen-bond donors (Lipinski definition) is 0. The van der Waals surface area contributed by atoms with E-state index in [4.69, 9.17) is 4.42 Å². The van der Waals surface area contributed by atoms with Crippen molar-refractivity contribution in [2.24, 2.45) is 0 Å². The number of hydrogen-bond acceptors (Lipinski definition) is 3. The molecule has 1 aromatic rings. The summed E-state index contributed by atoms with van der Waals surface area (Å²) in [5.41, 5.74) is 0.632. The van der Waals surface area contributed by atoms with Crippen molar-refractivity contribution in [1.82, 2.24) is 4.90 Å². The first-order chi connectivity index (χ1) is 8.99. The monoisotopic (exact) mass is 263 g/mol. The maximum absolute atomic E-state index is 12.6. The highest BCUT2D eigenvalue weighted by Crippen LogP contribution is 2.24. The summed E-state index contributed by atoms with van der Waals surface area (Å²) in [6.45, 7) is 5.97. The molecular weight excluding hydrogens is 242 g/mol. The van der Waals surface area contributed by atoms with Crippen LogP contribution in [-0.2, 0) is 4.79 Å². The first-order valence-corrected chi connectivity index (χ1v) is 6.86. The van der Waals surface area contributed by atoms with Crippen molar-refractivity contribution in [3.63, 3.8) is 0 Å². The number of amides is 1. The molecular formula is C15H21NO3. The zero-order chi connectivity index (χ0) is 14.0. The molecule has 1 aromatic heterocycles. The topological polar surface area (TPSA) is 50.5 Å². The van der Waals surface area contributed by atoms with Crippen molar-refractivity contribution in [2.45, 2.75) is 52.5 Å². The Morgan fingerprint density at radius 2 is 2.11 bits per heavy atom. The lowest BCUT2D eigenvalue weighted by atomic mass is 9.97. The normalized spacial score (nSPS) is 19.5. The molecule has 104 valence electrons. The van der Waals surface area contributed by atoms with Gasteiger partial charge in [-0.05, 0) is 46.1 Å². The number of nitrogens with zero attached hydrogens (tertiary/aromatic N) is 1. The van der Waals surface area contributed by atoms with Gasteiger partial charge in [-0.25, -0.2) is 0 Å². The Balaban J connectivity index is 2.19. The molecule has 1 aliphatic heterocycles. The zero-order valence-electron chi connectivity index (χ0n) is 11.9. The van der Waals surface area contributed by atoms with Crippen molar-refractivity contribution in [2.75, 3.05) is 6.54 Å². The molecule has 1 aliphatic rings. The molecule has 0 aromatic carbocycles.